The molecule has 1 saturated heterocycles. The summed E-state index contributed by atoms with van der Waals surface area (Å²) in [5.41, 5.74) is 5.01. The van der Waals surface area contributed by atoms with Gasteiger partial charge in [0.2, 0.25) is 5.91 Å². The molecule has 0 radical (unpaired) electrons. The molecule has 1 aliphatic heterocycles. The first-order valence-corrected chi connectivity index (χ1v) is 14.2. The minimum Gasteiger partial charge on any atom is -0.481 e. The molecule has 2 aliphatic rings. The average Bonchev–Trinajstić information content (AvgIpc) is 3.27. The second kappa shape index (κ2) is 12.6. The van der Waals surface area contributed by atoms with E-state index in [9.17, 15) is 14.4 Å². The largest absolute Gasteiger partial charge is 0.481 e. The van der Waals surface area contributed by atoms with Crippen LogP contribution in [0.2, 0.25) is 0 Å². The van der Waals surface area contributed by atoms with E-state index in [-0.39, 0.29) is 31.3 Å². The van der Waals surface area contributed by atoms with Gasteiger partial charge in [-0.2, -0.15) is 0 Å². The Morgan fingerprint density at radius 2 is 1.51 bits per heavy atom. The quantitative estimate of drug-likeness (QED) is 0.328. The van der Waals surface area contributed by atoms with Gasteiger partial charge in [-0.15, -0.1) is 0 Å². The van der Waals surface area contributed by atoms with Crippen molar-refractivity contribution in [1.82, 2.24) is 15.5 Å². The molecule has 1 atom stereocenters. The number of nitrogens with one attached hydrogen (secondary N) is 2. The zero-order valence-corrected chi connectivity index (χ0v) is 23.3. The summed E-state index contributed by atoms with van der Waals surface area (Å²) < 4.78 is 5.83. The summed E-state index contributed by atoms with van der Waals surface area (Å²) in [7, 11) is 0. The molecule has 0 saturated carbocycles. The molecule has 3 aromatic carbocycles. The van der Waals surface area contributed by atoms with E-state index in [1.54, 1.807) is 6.92 Å². The number of fused-ring (bicyclic) bond motifs is 3. The van der Waals surface area contributed by atoms with Crippen LogP contribution in [0.25, 0.3) is 11.1 Å². The van der Waals surface area contributed by atoms with Gasteiger partial charge in [0.15, 0.2) is 0 Å². The fourth-order valence-electron chi connectivity index (χ4n) is 6.12. The first-order valence-electron chi connectivity index (χ1n) is 14.2. The van der Waals surface area contributed by atoms with Crippen molar-refractivity contribution < 1.29 is 24.2 Å². The predicted molar refractivity (Wildman–Crippen MR) is 156 cm³/mol. The number of carboxylic acids is 1. The molecule has 1 aliphatic carbocycles. The van der Waals surface area contributed by atoms with Gasteiger partial charge in [0.05, 0.1) is 12.0 Å². The number of benzene rings is 3. The molecular formula is C33H37N3O5. The van der Waals surface area contributed by atoms with Gasteiger partial charge < -0.3 is 20.5 Å². The lowest BCUT2D eigenvalue weighted by Gasteiger charge is -2.42. The summed E-state index contributed by atoms with van der Waals surface area (Å²) in [4.78, 5) is 39.7. The van der Waals surface area contributed by atoms with Crippen LogP contribution in [0.3, 0.4) is 0 Å². The van der Waals surface area contributed by atoms with Gasteiger partial charge >= 0.3 is 12.1 Å². The maximum Gasteiger partial charge on any atom is 0.407 e. The minimum absolute atomic E-state index is 0.0559. The molecule has 1 fully saturated rings. The van der Waals surface area contributed by atoms with Crippen molar-refractivity contribution in [1.29, 1.82) is 0 Å². The molecule has 5 rings (SSSR count). The number of hydrogen-bond donors (Lipinski definition) is 3. The average molecular weight is 556 g/mol. The van der Waals surface area contributed by atoms with E-state index in [0.29, 0.717) is 25.9 Å². The highest BCUT2D eigenvalue weighted by atomic mass is 16.5. The van der Waals surface area contributed by atoms with E-state index < -0.39 is 23.6 Å². The Labute approximate surface area is 240 Å². The van der Waals surface area contributed by atoms with Crippen LogP contribution >= 0.6 is 0 Å². The summed E-state index contributed by atoms with van der Waals surface area (Å²) in [5, 5.41) is 14.9. The number of likely N-dealkylation sites (tertiary alicyclic amines) is 1. The molecule has 8 heteroatoms. The van der Waals surface area contributed by atoms with E-state index in [1.165, 1.54) is 5.56 Å². The lowest BCUT2D eigenvalue weighted by atomic mass is 9.83. The summed E-state index contributed by atoms with van der Waals surface area (Å²) in [5.74, 6) is -1.32. The highest BCUT2D eigenvalue weighted by Gasteiger charge is 2.39. The minimum atomic E-state index is -0.974. The van der Waals surface area contributed by atoms with Gasteiger partial charge in [-0.05, 0) is 47.6 Å². The maximum absolute atomic E-state index is 13.3. The second-order valence-electron chi connectivity index (χ2n) is 11.2. The highest BCUT2D eigenvalue weighted by Crippen LogP contribution is 2.44. The molecule has 41 heavy (non-hydrogen) atoms. The Hall–Kier alpha value is -4.17. The van der Waals surface area contributed by atoms with Gasteiger partial charge in [0, 0.05) is 38.0 Å². The first-order chi connectivity index (χ1) is 19.8. The van der Waals surface area contributed by atoms with E-state index in [0.717, 1.165) is 28.8 Å². The number of carboxylic acid groups (broad SMARTS) is 1. The normalized spacial score (nSPS) is 16.7. The van der Waals surface area contributed by atoms with Crippen LogP contribution in [-0.4, -0.2) is 59.3 Å². The van der Waals surface area contributed by atoms with Gasteiger partial charge in [-0.25, -0.2) is 4.79 Å². The zero-order valence-electron chi connectivity index (χ0n) is 23.3. The van der Waals surface area contributed by atoms with Crippen LogP contribution < -0.4 is 10.6 Å². The topological polar surface area (TPSA) is 108 Å². The van der Waals surface area contributed by atoms with Crippen molar-refractivity contribution in [3.8, 4) is 11.1 Å². The summed E-state index contributed by atoms with van der Waals surface area (Å²) in [6, 6.07) is 26.1. The third-order valence-electron chi connectivity index (χ3n) is 8.16. The Kier molecular flexibility index (Phi) is 8.69. The standard InChI is InChI=1S/C33H37N3O5/c1-23(19-31(38)39)34-30(37)20-33(15-17-36(18-16-33)21-24-9-3-2-4-10-24)35-32(40)41-22-29-27-13-7-5-11-25(27)26-12-6-8-14-28(26)29/h2-14,23,29H,15-22H2,1H3,(H,34,37)(H,35,40)(H,38,39)/t23-/m0/s1. The second-order valence-corrected chi connectivity index (χ2v) is 11.2. The number of amides is 2. The molecule has 8 nitrogen and oxygen atoms in total. The molecule has 3 aromatic rings. The first kappa shape index (κ1) is 28.4. The molecule has 0 unspecified atom stereocenters. The molecular weight excluding hydrogens is 518 g/mol. The number of piperidine rings is 1. The predicted octanol–water partition coefficient (Wildman–Crippen LogP) is 4.93. The fraction of sp³-hybridized carbons (Fsp3) is 0.364. The van der Waals surface area contributed by atoms with Crippen molar-refractivity contribution in [2.24, 2.45) is 0 Å². The van der Waals surface area contributed by atoms with Crippen LogP contribution in [0.4, 0.5) is 4.79 Å². The SMILES string of the molecule is C[C@@H](CC(=O)O)NC(=O)CC1(NC(=O)OCC2c3ccccc3-c3ccccc32)CCN(Cc2ccccc2)CC1. The Bertz CT molecular complexity index is 1340. The fourth-order valence-corrected chi connectivity index (χ4v) is 6.12. The van der Waals surface area contributed by atoms with Crippen LogP contribution in [0.1, 0.15) is 55.2 Å². The van der Waals surface area contributed by atoms with Crippen molar-refractivity contribution in [3.05, 3.63) is 95.6 Å². The number of ether oxygens (including phenoxy) is 1. The lowest BCUT2D eigenvalue weighted by Crippen LogP contribution is -2.57. The number of rotatable bonds is 10. The molecule has 0 aromatic heterocycles. The molecule has 1 heterocycles. The van der Waals surface area contributed by atoms with Gasteiger partial charge in [0.25, 0.3) is 0 Å². The molecule has 214 valence electrons. The molecule has 3 N–H and O–H groups in total. The number of hydrogen-bond acceptors (Lipinski definition) is 5. The van der Waals surface area contributed by atoms with Crippen molar-refractivity contribution >= 4 is 18.0 Å². The van der Waals surface area contributed by atoms with E-state index in [2.05, 4.69) is 51.9 Å². The summed E-state index contributed by atoms with van der Waals surface area (Å²) in [6.07, 6.45) is 0.494. The van der Waals surface area contributed by atoms with Gasteiger partial charge in [0.1, 0.15) is 6.61 Å². The Morgan fingerprint density at radius 1 is 0.927 bits per heavy atom. The van der Waals surface area contributed by atoms with E-state index >= 15 is 0 Å². The molecule has 0 spiro atoms. The third kappa shape index (κ3) is 6.95. The highest BCUT2D eigenvalue weighted by molar-refractivity contribution is 5.80. The smallest absolute Gasteiger partial charge is 0.407 e. The summed E-state index contributed by atoms with van der Waals surface area (Å²) >= 11 is 0. The number of alkyl carbamates (subject to hydrolysis) is 1. The number of carbonyl (C=O) groups is 3. The van der Waals surface area contributed by atoms with Crippen molar-refractivity contribution in [3.63, 3.8) is 0 Å². The Balaban J connectivity index is 1.25. The van der Waals surface area contributed by atoms with E-state index in [1.807, 2.05) is 42.5 Å². The van der Waals surface area contributed by atoms with Crippen LogP contribution in [0, 0.1) is 0 Å². The van der Waals surface area contributed by atoms with E-state index in [4.69, 9.17) is 9.84 Å². The molecule has 0 bridgehead atoms. The number of carbonyl (C=O) groups excluding carboxylic acids is 2. The maximum atomic E-state index is 13.3. The number of nitrogens with zero attached hydrogens (tertiary/aromatic N) is 1. The molecule has 2 amide bonds. The van der Waals surface area contributed by atoms with Crippen LogP contribution in [0.15, 0.2) is 78.9 Å². The zero-order chi connectivity index (χ0) is 28.8. The number of aliphatic carboxylic acids is 1. The van der Waals surface area contributed by atoms with Gasteiger partial charge in [-0.3, -0.25) is 14.5 Å². The van der Waals surface area contributed by atoms with Crippen molar-refractivity contribution in [2.75, 3.05) is 19.7 Å². The van der Waals surface area contributed by atoms with Gasteiger partial charge in [-0.1, -0.05) is 78.9 Å². The monoisotopic (exact) mass is 555 g/mol. The summed E-state index contributed by atoms with van der Waals surface area (Å²) in [6.45, 7) is 4.06. The Morgan fingerprint density at radius 3 is 2.12 bits per heavy atom. The lowest BCUT2D eigenvalue weighted by molar-refractivity contribution is -0.137. The van der Waals surface area contributed by atoms with Crippen molar-refractivity contribution in [2.45, 2.75) is 56.7 Å². The van der Waals surface area contributed by atoms with Crippen LogP contribution in [0.5, 0.6) is 0 Å². The van der Waals surface area contributed by atoms with Crippen LogP contribution in [-0.2, 0) is 20.9 Å². The third-order valence-corrected chi connectivity index (χ3v) is 8.16.